The summed E-state index contributed by atoms with van der Waals surface area (Å²) in [7, 11) is 0. The van der Waals surface area contributed by atoms with Crippen molar-refractivity contribution in [2.45, 2.75) is 13.1 Å². The molecule has 1 N–H and O–H groups in total. The molecule has 1 aromatic heterocycles. The summed E-state index contributed by atoms with van der Waals surface area (Å²) >= 11 is 3.34. The Morgan fingerprint density at radius 2 is 1.95 bits per heavy atom. The Hall–Kier alpha value is -2.07. The fourth-order valence-corrected chi connectivity index (χ4v) is 1.99. The summed E-state index contributed by atoms with van der Waals surface area (Å²) in [6, 6.07) is 8.90. The molecule has 2 aromatic rings. The molecule has 0 aliphatic heterocycles. The standard InChI is InChI=1S/C14H9BrF3N3/c1-8-2-4-10(6-11(8)15)20-13-9(7-19)3-5-12(21-13)14(16,17)18/h2-6H,1H3,(H,20,21). The van der Waals surface area contributed by atoms with Gasteiger partial charge < -0.3 is 5.32 Å². The normalized spacial score (nSPS) is 11.0. The van der Waals surface area contributed by atoms with Gasteiger partial charge in [-0.2, -0.15) is 18.4 Å². The molecular formula is C14H9BrF3N3. The molecule has 0 fully saturated rings. The van der Waals surface area contributed by atoms with E-state index in [2.05, 4.69) is 26.2 Å². The fourth-order valence-electron chi connectivity index (χ4n) is 1.61. The van der Waals surface area contributed by atoms with Gasteiger partial charge in [-0.25, -0.2) is 4.98 Å². The summed E-state index contributed by atoms with van der Waals surface area (Å²) in [4.78, 5) is 3.49. The third-order valence-corrected chi connectivity index (χ3v) is 3.60. The largest absolute Gasteiger partial charge is 0.433 e. The van der Waals surface area contributed by atoms with Gasteiger partial charge in [0.25, 0.3) is 0 Å². The van der Waals surface area contributed by atoms with E-state index in [9.17, 15) is 13.2 Å². The van der Waals surface area contributed by atoms with Gasteiger partial charge in [-0.05, 0) is 36.8 Å². The van der Waals surface area contributed by atoms with E-state index in [1.165, 1.54) is 0 Å². The SMILES string of the molecule is Cc1ccc(Nc2nc(C(F)(F)F)ccc2C#N)cc1Br. The van der Waals surface area contributed by atoms with Crippen LogP contribution in [0, 0.1) is 18.3 Å². The van der Waals surface area contributed by atoms with E-state index in [1.807, 2.05) is 13.0 Å². The molecule has 1 aromatic carbocycles. The quantitative estimate of drug-likeness (QED) is 0.842. The van der Waals surface area contributed by atoms with Crippen molar-refractivity contribution in [3.8, 4) is 6.07 Å². The number of benzene rings is 1. The number of hydrogen-bond acceptors (Lipinski definition) is 3. The van der Waals surface area contributed by atoms with Gasteiger partial charge in [-0.1, -0.05) is 22.0 Å². The molecule has 0 aliphatic rings. The van der Waals surface area contributed by atoms with Crippen LogP contribution in [0.1, 0.15) is 16.8 Å². The number of hydrogen-bond donors (Lipinski definition) is 1. The molecule has 21 heavy (non-hydrogen) atoms. The van der Waals surface area contributed by atoms with E-state index in [-0.39, 0.29) is 11.4 Å². The van der Waals surface area contributed by atoms with E-state index in [0.717, 1.165) is 22.2 Å². The second-order valence-corrected chi connectivity index (χ2v) is 5.15. The first-order valence-corrected chi connectivity index (χ1v) is 6.62. The van der Waals surface area contributed by atoms with Gasteiger partial charge >= 0.3 is 6.18 Å². The number of nitrogens with zero attached hydrogens (tertiary/aromatic N) is 2. The summed E-state index contributed by atoms with van der Waals surface area (Å²) in [6.07, 6.45) is -4.56. The molecule has 3 nitrogen and oxygen atoms in total. The van der Waals surface area contributed by atoms with Crippen molar-refractivity contribution in [3.63, 3.8) is 0 Å². The first kappa shape index (κ1) is 15.3. The zero-order chi connectivity index (χ0) is 15.6. The zero-order valence-corrected chi connectivity index (χ0v) is 12.4. The number of pyridine rings is 1. The van der Waals surface area contributed by atoms with Gasteiger partial charge in [-0.15, -0.1) is 0 Å². The number of rotatable bonds is 2. The van der Waals surface area contributed by atoms with E-state index >= 15 is 0 Å². The lowest BCUT2D eigenvalue weighted by atomic mass is 10.2. The Labute approximate surface area is 127 Å². The average Bonchev–Trinajstić information content (AvgIpc) is 2.42. The van der Waals surface area contributed by atoms with Crippen LogP contribution in [-0.4, -0.2) is 4.98 Å². The molecule has 2 rings (SSSR count). The Morgan fingerprint density at radius 1 is 1.24 bits per heavy atom. The van der Waals surface area contributed by atoms with Crippen LogP contribution in [0.25, 0.3) is 0 Å². The molecular weight excluding hydrogens is 347 g/mol. The molecule has 0 aliphatic carbocycles. The number of aromatic nitrogens is 1. The van der Waals surface area contributed by atoms with Crippen LogP contribution >= 0.6 is 15.9 Å². The monoisotopic (exact) mass is 355 g/mol. The molecule has 1 heterocycles. The number of halogens is 4. The predicted molar refractivity (Wildman–Crippen MR) is 76.1 cm³/mol. The number of aryl methyl sites for hydroxylation is 1. The van der Waals surface area contributed by atoms with Gasteiger partial charge in [0, 0.05) is 10.2 Å². The van der Waals surface area contributed by atoms with Gasteiger partial charge in [-0.3, -0.25) is 0 Å². The molecule has 0 unspecified atom stereocenters. The Kier molecular flexibility index (Phi) is 4.19. The van der Waals surface area contributed by atoms with Gasteiger partial charge in [0.2, 0.25) is 0 Å². The van der Waals surface area contributed by atoms with E-state index in [1.54, 1.807) is 18.2 Å². The number of alkyl halides is 3. The maximum atomic E-state index is 12.7. The minimum atomic E-state index is -4.56. The molecule has 0 radical (unpaired) electrons. The third-order valence-electron chi connectivity index (χ3n) is 2.74. The number of nitriles is 1. The maximum absolute atomic E-state index is 12.7. The molecule has 0 spiro atoms. The molecule has 0 saturated heterocycles. The lowest BCUT2D eigenvalue weighted by Crippen LogP contribution is -2.10. The van der Waals surface area contributed by atoms with Crippen LogP contribution in [0.3, 0.4) is 0 Å². The average molecular weight is 356 g/mol. The Bertz CT molecular complexity index is 720. The molecule has 7 heteroatoms. The minimum Gasteiger partial charge on any atom is -0.339 e. The summed E-state index contributed by atoms with van der Waals surface area (Å²) in [6.45, 7) is 1.89. The van der Waals surface area contributed by atoms with Crippen molar-refractivity contribution in [2.24, 2.45) is 0 Å². The Morgan fingerprint density at radius 3 is 2.52 bits per heavy atom. The molecule has 0 saturated carbocycles. The van der Waals surface area contributed by atoms with Crippen LogP contribution in [0.15, 0.2) is 34.8 Å². The summed E-state index contributed by atoms with van der Waals surface area (Å²) < 4.78 is 38.8. The lowest BCUT2D eigenvalue weighted by Gasteiger charge is -2.12. The van der Waals surface area contributed by atoms with Gasteiger partial charge in [0.1, 0.15) is 17.6 Å². The van der Waals surface area contributed by atoms with Crippen LogP contribution in [-0.2, 0) is 6.18 Å². The van der Waals surface area contributed by atoms with Crippen molar-refractivity contribution in [1.82, 2.24) is 4.98 Å². The first-order chi connectivity index (χ1) is 9.81. The highest BCUT2D eigenvalue weighted by atomic mass is 79.9. The number of nitrogens with one attached hydrogen (secondary N) is 1. The van der Waals surface area contributed by atoms with Crippen LogP contribution < -0.4 is 5.32 Å². The summed E-state index contributed by atoms with van der Waals surface area (Å²) in [5, 5.41) is 11.7. The van der Waals surface area contributed by atoms with Crippen molar-refractivity contribution >= 4 is 27.4 Å². The smallest absolute Gasteiger partial charge is 0.339 e. The van der Waals surface area contributed by atoms with E-state index < -0.39 is 11.9 Å². The topological polar surface area (TPSA) is 48.7 Å². The number of anilines is 2. The first-order valence-electron chi connectivity index (χ1n) is 5.83. The van der Waals surface area contributed by atoms with Crippen LogP contribution in [0.4, 0.5) is 24.7 Å². The van der Waals surface area contributed by atoms with Crippen LogP contribution in [0.2, 0.25) is 0 Å². The maximum Gasteiger partial charge on any atom is 0.433 e. The van der Waals surface area contributed by atoms with Gasteiger partial charge in [0.15, 0.2) is 0 Å². The molecule has 0 bridgehead atoms. The lowest BCUT2D eigenvalue weighted by molar-refractivity contribution is -0.141. The molecule has 108 valence electrons. The molecule has 0 amide bonds. The third kappa shape index (κ3) is 3.52. The van der Waals surface area contributed by atoms with E-state index in [4.69, 9.17) is 5.26 Å². The summed E-state index contributed by atoms with van der Waals surface area (Å²) in [5.41, 5.74) is 0.517. The highest BCUT2D eigenvalue weighted by Crippen LogP contribution is 2.30. The fraction of sp³-hybridized carbons (Fsp3) is 0.143. The van der Waals surface area contributed by atoms with Crippen molar-refractivity contribution < 1.29 is 13.2 Å². The second kappa shape index (κ2) is 5.74. The summed E-state index contributed by atoms with van der Waals surface area (Å²) in [5.74, 6) is -0.122. The zero-order valence-electron chi connectivity index (χ0n) is 10.8. The molecule has 0 atom stereocenters. The van der Waals surface area contributed by atoms with Crippen molar-refractivity contribution in [1.29, 1.82) is 5.26 Å². The predicted octanol–water partition coefficient (Wildman–Crippen LogP) is 4.79. The van der Waals surface area contributed by atoms with Gasteiger partial charge in [0.05, 0.1) is 5.56 Å². The highest BCUT2D eigenvalue weighted by Gasteiger charge is 2.33. The van der Waals surface area contributed by atoms with E-state index in [0.29, 0.717) is 5.69 Å². The van der Waals surface area contributed by atoms with Crippen LogP contribution in [0.5, 0.6) is 0 Å². The van der Waals surface area contributed by atoms with Crippen molar-refractivity contribution in [3.05, 3.63) is 51.6 Å². The second-order valence-electron chi connectivity index (χ2n) is 4.29. The highest BCUT2D eigenvalue weighted by molar-refractivity contribution is 9.10. The minimum absolute atomic E-state index is 0.0414. The Balaban J connectivity index is 2.42. The van der Waals surface area contributed by atoms with Crippen molar-refractivity contribution in [2.75, 3.05) is 5.32 Å².